The molecule has 0 bridgehead atoms. The van der Waals surface area contributed by atoms with Crippen LogP contribution in [0.4, 0.5) is 5.69 Å². The van der Waals surface area contributed by atoms with Gasteiger partial charge in [0.05, 0.1) is 25.4 Å². The summed E-state index contributed by atoms with van der Waals surface area (Å²) >= 11 is 1.41. The highest BCUT2D eigenvalue weighted by Gasteiger charge is 2.36. The molecule has 2 amide bonds. The molecule has 1 N–H and O–H groups in total. The van der Waals surface area contributed by atoms with Crippen LogP contribution < -0.4 is 19.7 Å². The zero-order valence-corrected chi connectivity index (χ0v) is 22.4. The van der Waals surface area contributed by atoms with Gasteiger partial charge >= 0.3 is 0 Å². The fourth-order valence-electron chi connectivity index (χ4n) is 3.92. The molecule has 0 fully saturated rings. The van der Waals surface area contributed by atoms with E-state index in [-0.39, 0.29) is 18.4 Å². The first-order chi connectivity index (χ1) is 17.8. The van der Waals surface area contributed by atoms with Gasteiger partial charge in [0, 0.05) is 28.6 Å². The lowest BCUT2D eigenvalue weighted by molar-refractivity contribution is -0.128. The van der Waals surface area contributed by atoms with Crippen molar-refractivity contribution in [2.45, 2.75) is 45.3 Å². The number of methoxy groups -OCH3 is 2. The summed E-state index contributed by atoms with van der Waals surface area (Å²) in [7, 11) is 3.08. The Labute approximate surface area is 220 Å². The van der Waals surface area contributed by atoms with Gasteiger partial charge in [0.15, 0.2) is 0 Å². The third kappa shape index (κ3) is 5.75. The number of hydrogen-bond acceptors (Lipinski definition) is 7. The van der Waals surface area contributed by atoms with Gasteiger partial charge in [-0.3, -0.25) is 14.5 Å². The zero-order valence-electron chi connectivity index (χ0n) is 21.6. The standard InChI is InChI=1S/C27H31N5O4S/c1-6-27(2,3)28-26(34)25(23-12-9-13-37-23)32(18-14-19(35-4)16-20(15-18)36-5)24(33)17-31-22-11-8-7-10-21(22)29-30-31/h7-16,25H,6,17H2,1-5H3,(H,28,34). The third-order valence-electron chi connectivity index (χ3n) is 6.25. The van der Waals surface area contributed by atoms with Gasteiger partial charge in [0.1, 0.15) is 29.6 Å². The predicted octanol–water partition coefficient (Wildman–Crippen LogP) is 4.59. The molecule has 4 rings (SSSR count). The fourth-order valence-corrected chi connectivity index (χ4v) is 4.73. The summed E-state index contributed by atoms with van der Waals surface area (Å²) in [6.45, 7) is 5.80. The highest BCUT2D eigenvalue weighted by molar-refractivity contribution is 7.10. The molecule has 1 atom stereocenters. The van der Waals surface area contributed by atoms with Crippen LogP contribution in [-0.2, 0) is 16.1 Å². The lowest BCUT2D eigenvalue weighted by Crippen LogP contribution is -2.50. The summed E-state index contributed by atoms with van der Waals surface area (Å²) in [5.41, 5.74) is 1.41. The van der Waals surface area contributed by atoms with Gasteiger partial charge in [-0.25, -0.2) is 4.68 Å². The van der Waals surface area contributed by atoms with Crippen molar-refractivity contribution in [2.75, 3.05) is 19.1 Å². The van der Waals surface area contributed by atoms with Crippen LogP contribution >= 0.6 is 11.3 Å². The van der Waals surface area contributed by atoms with Crippen LogP contribution in [0, 0.1) is 0 Å². The van der Waals surface area contributed by atoms with E-state index in [1.807, 2.05) is 62.5 Å². The molecule has 0 aliphatic heterocycles. The number of hydrogen-bond donors (Lipinski definition) is 1. The van der Waals surface area contributed by atoms with E-state index < -0.39 is 11.6 Å². The molecule has 0 spiro atoms. The van der Waals surface area contributed by atoms with Crippen molar-refractivity contribution in [1.82, 2.24) is 20.3 Å². The molecule has 37 heavy (non-hydrogen) atoms. The lowest BCUT2D eigenvalue weighted by Gasteiger charge is -2.34. The Hall–Kier alpha value is -3.92. The van der Waals surface area contributed by atoms with Crippen molar-refractivity contribution >= 4 is 39.9 Å². The number of benzene rings is 2. The number of carbonyl (C=O) groups is 2. The van der Waals surface area contributed by atoms with Crippen LogP contribution in [-0.4, -0.2) is 46.6 Å². The highest BCUT2D eigenvalue weighted by Crippen LogP contribution is 2.36. The zero-order chi connectivity index (χ0) is 26.6. The second-order valence-corrected chi connectivity index (χ2v) is 10.2. The van der Waals surface area contributed by atoms with Crippen LogP contribution in [0.5, 0.6) is 11.5 Å². The lowest BCUT2D eigenvalue weighted by atomic mass is 10.0. The van der Waals surface area contributed by atoms with Gasteiger partial charge in [0.25, 0.3) is 0 Å². The number of fused-ring (bicyclic) bond motifs is 1. The van der Waals surface area contributed by atoms with Crippen molar-refractivity contribution in [2.24, 2.45) is 0 Å². The van der Waals surface area contributed by atoms with Gasteiger partial charge in [-0.15, -0.1) is 16.4 Å². The van der Waals surface area contributed by atoms with Crippen LogP contribution in [0.25, 0.3) is 11.0 Å². The van der Waals surface area contributed by atoms with Crippen molar-refractivity contribution in [3.05, 3.63) is 64.9 Å². The maximum absolute atomic E-state index is 14.1. The number of ether oxygens (including phenoxy) is 2. The van der Waals surface area contributed by atoms with Gasteiger partial charge in [0.2, 0.25) is 11.8 Å². The summed E-state index contributed by atoms with van der Waals surface area (Å²) in [6.07, 6.45) is 0.724. The number of aromatic nitrogens is 3. The number of nitrogens with one attached hydrogen (secondary N) is 1. The summed E-state index contributed by atoms with van der Waals surface area (Å²) < 4.78 is 12.5. The Morgan fingerprint density at radius 1 is 1.08 bits per heavy atom. The molecule has 194 valence electrons. The predicted molar refractivity (Wildman–Crippen MR) is 144 cm³/mol. The van der Waals surface area contributed by atoms with E-state index in [2.05, 4.69) is 15.6 Å². The second-order valence-electron chi connectivity index (χ2n) is 9.22. The molecule has 0 aliphatic rings. The average Bonchev–Trinajstić information content (AvgIpc) is 3.57. The number of anilines is 1. The van der Waals surface area contributed by atoms with Crippen molar-refractivity contribution in [3.8, 4) is 11.5 Å². The number of para-hydroxylation sites is 1. The number of amides is 2. The molecule has 1 unspecified atom stereocenters. The fraction of sp³-hybridized carbons (Fsp3) is 0.333. The Balaban J connectivity index is 1.84. The normalized spacial score (nSPS) is 12.2. The minimum Gasteiger partial charge on any atom is -0.497 e. The molecular formula is C27H31N5O4S. The molecule has 2 aromatic carbocycles. The maximum atomic E-state index is 14.1. The molecule has 4 aromatic rings. The van der Waals surface area contributed by atoms with E-state index in [4.69, 9.17) is 9.47 Å². The number of rotatable bonds is 10. The number of nitrogens with zero attached hydrogens (tertiary/aromatic N) is 4. The largest absolute Gasteiger partial charge is 0.497 e. The van der Waals surface area contributed by atoms with Crippen LogP contribution in [0.1, 0.15) is 38.1 Å². The van der Waals surface area contributed by atoms with Crippen molar-refractivity contribution in [3.63, 3.8) is 0 Å². The number of thiophene rings is 1. The first-order valence-electron chi connectivity index (χ1n) is 11.9. The van der Waals surface area contributed by atoms with E-state index in [9.17, 15) is 9.59 Å². The molecule has 2 heterocycles. The number of carbonyl (C=O) groups excluding carboxylic acids is 2. The van der Waals surface area contributed by atoms with Crippen LogP contribution in [0.3, 0.4) is 0 Å². The summed E-state index contributed by atoms with van der Waals surface area (Å²) in [5, 5.41) is 13.4. The molecule has 0 radical (unpaired) electrons. The second kappa shape index (κ2) is 11.0. The van der Waals surface area contributed by atoms with E-state index in [1.165, 1.54) is 16.2 Å². The minimum atomic E-state index is -0.926. The minimum absolute atomic E-state index is 0.119. The van der Waals surface area contributed by atoms with E-state index in [0.29, 0.717) is 22.7 Å². The van der Waals surface area contributed by atoms with E-state index in [0.717, 1.165) is 16.8 Å². The van der Waals surface area contributed by atoms with Gasteiger partial charge in [-0.1, -0.05) is 30.3 Å². The first kappa shape index (κ1) is 26.2. The van der Waals surface area contributed by atoms with Crippen LogP contribution in [0.15, 0.2) is 60.0 Å². The Bertz CT molecular complexity index is 1360. The monoisotopic (exact) mass is 521 g/mol. The quantitative estimate of drug-likeness (QED) is 0.328. The molecule has 0 aliphatic carbocycles. The van der Waals surface area contributed by atoms with Gasteiger partial charge < -0.3 is 14.8 Å². The molecule has 0 saturated carbocycles. The first-order valence-corrected chi connectivity index (χ1v) is 12.8. The molecule has 10 heteroatoms. The SMILES string of the molecule is CCC(C)(C)NC(=O)C(c1cccs1)N(C(=O)Cn1nnc2ccccc21)c1cc(OC)cc(OC)c1. The Morgan fingerprint density at radius 2 is 1.78 bits per heavy atom. The molecule has 2 aromatic heterocycles. The maximum Gasteiger partial charge on any atom is 0.249 e. The summed E-state index contributed by atoms with van der Waals surface area (Å²) in [4.78, 5) is 30.2. The molecule has 9 nitrogen and oxygen atoms in total. The van der Waals surface area contributed by atoms with Crippen molar-refractivity contribution < 1.29 is 19.1 Å². The Kier molecular flexibility index (Phi) is 7.77. The summed E-state index contributed by atoms with van der Waals surface area (Å²) in [5.74, 6) is 0.372. The van der Waals surface area contributed by atoms with Gasteiger partial charge in [-0.2, -0.15) is 0 Å². The smallest absolute Gasteiger partial charge is 0.249 e. The average molecular weight is 522 g/mol. The van der Waals surface area contributed by atoms with Crippen LogP contribution in [0.2, 0.25) is 0 Å². The third-order valence-corrected chi connectivity index (χ3v) is 7.18. The topological polar surface area (TPSA) is 98.6 Å². The Morgan fingerprint density at radius 3 is 2.41 bits per heavy atom. The van der Waals surface area contributed by atoms with E-state index in [1.54, 1.807) is 37.1 Å². The van der Waals surface area contributed by atoms with E-state index >= 15 is 0 Å². The summed E-state index contributed by atoms with van der Waals surface area (Å²) in [6, 6.07) is 15.4. The molecular weight excluding hydrogens is 490 g/mol. The van der Waals surface area contributed by atoms with Gasteiger partial charge in [-0.05, 0) is 43.8 Å². The highest BCUT2D eigenvalue weighted by atomic mass is 32.1. The van der Waals surface area contributed by atoms with Crippen molar-refractivity contribution in [1.29, 1.82) is 0 Å². The molecule has 0 saturated heterocycles.